The number of nitroso groups, excluding NO2 is 1. The number of benzene rings is 1. The molecule has 3 nitrogen and oxygen atoms in total. The van der Waals surface area contributed by atoms with Gasteiger partial charge in [-0.25, -0.2) is 0 Å². The highest BCUT2D eigenvalue weighted by Crippen LogP contribution is 2.40. The molecule has 92 valence electrons. The number of nitrogens with zero attached hydrogens (tertiary/aromatic N) is 1. The Labute approximate surface area is 107 Å². The van der Waals surface area contributed by atoms with Crippen molar-refractivity contribution in [2.45, 2.75) is 18.4 Å². The number of rotatable bonds is 2. The maximum absolute atomic E-state index is 11.6. The van der Waals surface area contributed by atoms with Gasteiger partial charge in [0.1, 0.15) is 0 Å². The summed E-state index contributed by atoms with van der Waals surface area (Å²) in [6.07, 6.45) is 6.33. The van der Waals surface area contributed by atoms with E-state index in [0.717, 1.165) is 30.5 Å². The number of hydrogen-bond donors (Lipinski definition) is 1. The van der Waals surface area contributed by atoms with E-state index in [4.69, 9.17) is 0 Å². The van der Waals surface area contributed by atoms with Gasteiger partial charge in [-0.1, -0.05) is 47.7 Å². The van der Waals surface area contributed by atoms with E-state index in [0.29, 0.717) is 6.54 Å². The third-order valence-corrected chi connectivity index (χ3v) is 3.85. The molecule has 0 fully saturated rings. The highest BCUT2D eigenvalue weighted by atomic mass is 16.3. The molecule has 1 aliphatic carbocycles. The minimum absolute atomic E-state index is 0.587. The molecule has 0 unspecified atom stereocenters. The summed E-state index contributed by atoms with van der Waals surface area (Å²) in [6.45, 7) is 1.47. The van der Waals surface area contributed by atoms with Crippen molar-refractivity contribution in [1.82, 2.24) is 5.32 Å². The van der Waals surface area contributed by atoms with Crippen molar-refractivity contribution < 1.29 is 0 Å². The second-order valence-corrected chi connectivity index (χ2v) is 4.88. The second-order valence-electron chi connectivity index (χ2n) is 4.88. The summed E-state index contributed by atoms with van der Waals surface area (Å²) < 4.78 is 0. The molecule has 0 bridgehead atoms. The molecule has 1 N–H and O–H groups in total. The molecule has 0 amide bonds. The normalized spacial score (nSPS) is 26.9. The van der Waals surface area contributed by atoms with Crippen LogP contribution in [0.25, 0.3) is 0 Å². The third kappa shape index (κ3) is 1.63. The van der Waals surface area contributed by atoms with Crippen LogP contribution in [0.2, 0.25) is 0 Å². The Balaban J connectivity index is 2.16. The van der Waals surface area contributed by atoms with Gasteiger partial charge in [0, 0.05) is 13.1 Å². The first-order valence-corrected chi connectivity index (χ1v) is 6.36. The van der Waals surface area contributed by atoms with Crippen molar-refractivity contribution in [3.05, 3.63) is 64.1 Å². The largest absolute Gasteiger partial charge is 0.310 e. The first-order valence-electron chi connectivity index (χ1n) is 6.36. The molecule has 3 rings (SSSR count). The van der Waals surface area contributed by atoms with Gasteiger partial charge in [0.25, 0.3) is 0 Å². The lowest BCUT2D eigenvalue weighted by molar-refractivity contribution is 0.451. The summed E-state index contributed by atoms with van der Waals surface area (Å²) in [5.74, 6) is 0. The Bertz CT molecular complexity index is 519. The van der Waals surface area contributed by atoms with E-state index >= 15 is 0 Å². The monoisotopic (exact) mass is 240 g/mol. The predicted octanol–water partition coefficient (Wildman–Crippen LogP) is 2.90. The van der Waals surface area contributed by atoms with E-state index in [-0.39, 0.29) is 0 Å². The smallest absolute Gasteiger partial charge is 0.165 e. The summed E-state index contributed by atoms with van der Waals surface area (Å²) in [5.41, 5.74) is 2.67. The zero-order valence-electron chi connectivity index (χ0n) is 10.2. The molecule has 0 aromatic heterocycles. The SMILES string of the molecule is O=N[C@]1(c2ccccc2)CNCC2=C1C=CCC2. The van der Waals surface area contributed by atoms with E-state index in [1.54, 1.807) is 0 Å². The predicted molar refractivity (Wildman–Crippen MR) is 72.2 cm³/mol. The van der Waals surface area contributed by atoms with E-state index in [9.17, 15) is 4.91 Å². The van der Waals surface area contributed by atoms with Crippen molar-refractivity contribution in [3.8, 4) is 0 Å². The first kappa shape index (κ1) is 11.4. The Kier molecular flexibility index (Phi) is 2.84. The summed E-state index contributed by atoms with van der Waals surface area (Å²) in [5, 5.41) is 6.85. The first-order chi connectivity index (χ1) is 8.87. The molecule has 18 heavy (non-hydrogen) atoms. The highest BCUT2D eigenvalue weighted by molar-refractivity contribution is 5.48. The van der Waals surface area contributed by atoms with E-state index in [1.807, 2.05) is 30.3 Å². The molecule has 0 spiro atoms. The topological polar surface area (TPSA) is 41.5 Å². The number of allylic oxidation sites excluding steroid dienone is 1. The lowest BCUT2D eigenvalue weighted by Crippen LogP contribution is -2.44. The molecule has 1 aromatic carbocycles. The van der Waals surface area contributed by atoms with Crippen LogP contribution in [0, 0.1) is 4.91 Å². The molecule has 0 radical (unpaired) electrons. The van der Waals surface area contributed by atoms with E-state index < -0.39 is 5.54 Å². The molecule has 3 heteroatoms. The maximum atomic E-state index is 11.6. The Morgan fingerprint density at radius 3 is 2.83 bits per heavy atom. The Morgan fingerprint density at radius 2 is 2.06 bits per heavy atom. The zero-order chi connectivity index (χ0) is 12.4. The molecule has 1 aliphatic heterocycles. The molecular weight excluding hydrogens is 224 g/mol. The average molecular weight is 240 g/mol. The standard InChI is InChI=1S/C15H16N2O/c18-17-15(13-7-2-1-3-8-13)11-16-10-12-6-4-5-9-14(12)15/h1-3,5,7-9,16H,4,6,10-11H2/t15-/m0/s1. The summed E-state index contributed by atoms with van der Waals surface area (Å²) in [6, 6.07) is 9.86. The van der Waals surface area contributed by atoms with Gasteiger partial charge in [0.2, 0.25) is 0 Å². The minimum Gasteiger partial charge on any atom is -0.310 e. The molecule has 1 heterocycles. The fraction of sp³-hybridized carbons (Fsp3) is 0.333. The van der Waals surface area contributed by atoms with Gasteiger partial charge in [0.15, 0.2) is 5.54 Å². The van der Waals surface area contributed by atoms with Gasteiger partial charge >= 0.3 is 0 Å². The van der Waals surface area contributed by atoms with Crippen LogP contribution in [-0.2, 0) is 5.54 Å². The van der Waals surface area contributed by atoms with Crippen LogP contribution in [0.15, 0.2) is 58.8 Å². The summed E-state index contributed by atoms with van der Waals surface area (Å²) in [7, 11) is 0. The molecular formula is C15H16N2O. The molecule has 1 atom stereocenters. The lowest BCUT2D eigenvalue weighted by atomic mass is 9.76. The number of nitrogens with one attached hydrogen (secondary N) is 1. The molecule has 2 aliphatic rings. The minimum atomic E-state index is -0.744. The number of hydrogen-bond acceptors (Lipinski definition) is 3. The lowest BCUT2D eigenvalue weighted by Gasteiger charge is -2.36. The van der Waals surface area contributed by atoms with Gasteiger partial charge in [-0.3, -0.25) is 0 Å². The fourth-order valence-electron chi connectivity index (χ4n) is 2.92. The van der Waals surface area contributed by atoms with Crippen LogP contribution in [-0.4, -0.2) is 13.1 Å². The van der Waals surface area contributed by atoms with Crippen molar-refractivity contribution in [2.75, 3.05) is 13.1 Å². The molecule has 0 saturated carbocycles. The summed E-state index contributed by atoms with van der Waals surface area (Å²) in [4.78, 5) is 11.6. The van der Waals surface area contributed by atoms with Crippen LogP contribution in [0.4, 0.5) is 0 Å². The molecule has 1 aromatic rings. The van der Waals surface area contributed by atoms with Crippen molar-refractivity contribution in [2.24, 2.45) is 5.18 Å². The summed E-state index contributed by atoms with van der Waals surface area (Å²) >= 11 is 0. The van der Waals surface area contributed by atoms with Gasteiger partial charge < -0.3 is 5.32 Å². The van der Waals surface area contributed by atoms with E-state index in [2.05, 4.69) is 22.6 Å². The van der Waals surface area contributed by atoms with Crippen LogP contribution < -0.4 is 5.32 Å². The Hall–Kier alpha value is -1.74. The van der Waals surface area contributed by atoms with Crippen molar-refractivity contribution in [3.63, 3.8) is 0 Å². The van der Waals surface area contributed by atoms with Gasteiger partial charge in [-0.05, 0) is 29.6 Å². The second kappa shape index (κ2) is 4.50. The fourth-order valence-corrected chi connectivity index (χ4v) is 2.92. The zero-order valence-corrected chi connectivity index (χ0v) is 10.2. The van der Waals surface area contributed by atoms with E-state index in [1.165, 1.54) is 5.57 Å². The molecule has 0 saturated heterocycles. The van der Waals surface area contributed by atoms with Crippen LogP contribution in [0.5, 0.6) is 0 Å². The van der Waals surface area contributed by atoms with Crippen LogP contribution in [0.1, 0.15) is 18.4 Å². The van der Waals surface area contributed by atoms with Crippen molar-refractivity contribution in [1.29, 1.82) is 0 Å². The Morgan fingerprint density at radius 1 is 1.22 bits per heavy atom. The highest BCUT2D eigenvalue weighted by Gasteiger charge is 2.41. The van der Waals surface area contributed by atoms with Crippen LogP contribution in [0.3, 0.4) is 0 Å². The average Bonchev–Trinajstić information content (AvgIpc) is 2.47. The third-order valence-electron chi connectivity index (χ3n) is 3.85. The van der Waals surface area contributed by atoms with Gasteiger partial charge in [0.05, 0.1) is 0 Å². The van der Waals surface area contributed by atoms with Gasteiger partial charge in [-0.2, -0.15) is 0 Å². The maximum Gasteiger partial charge on any atom is 0.165 e. The van der Waals surface area contributed by atoms with Crippen LogP contribution >= 0.6 is 0 Å². The van der Waals surface area contributed by atoms with Crippen molar-refractivity contribution >= 4 is 0 Å². The quantitative estimate of drug-likeness (QED) is 0.807. The van der Waals surface area contributed by atoms with Gasteiger partial charge in [-0.15, -0.1) is 4.91 Å².